The molecule has 19 heavy (non-hydrogen) atoms. The molecule has 1 aromatic carbocycles. The Morgan fingerprint density at radius 2 is 1.79 bits per heavy atom. The number of aldehydes is 1. The SMILES string of the molecule is O=Cc1cc(F)c(OCC2(O)CCCCC2)c(F)c1. The molecule has 0 bridgehead atoms. The monoisotopic (exact) mass is 270 g/mol. The quantitative estimate of drug-likeness (QED) is 0.856. The number of benzene rings is 1. The summed E-state index contributed by atoms with van der Waals surface area (Å²) in [5.41, 5.74) is -1.10. The molecule has 0 radical (unpaired) electrons. The highest BCUT2D eigenvalue weighted by atomic mass is 19.1. The van der Waals surface area contributed by atoms with Gasteiger partial charge in [0.15, 0.2) is 17.4 Å². The van der Waals surface area contributed by atoms with E-state index >= 15 is 0 Å². The zero-order chi connectivity index (χ0) is 13.9. The minimum absolute atomic E-state index is 0.0845. The van der Waals surface area contributed by atoms with Crippen LogP contribution in [0.2, 0.25) is 0 Å². The lowest BCUT2D eigenvalue weighted by Gasteiger charge is -2.31. The van der Waals surface area contributed by atoms with Crippen LogP contribution in [-0.2, 0) is 0 Å². The van der Waals surface area contributed by atoms with Crippen molar-refractivity contribution in [3.63, 3.8) is 0 Å². The molecule has 1 fully saturated rings. The third-order valence-electron chi connectivity index (χ3n) is 3.43. The van der Waals surface area contributed by atoms with Crippen molar-refractivity contribution < 1.29 is 23.4 Å². The van der Waals surface area contributed by atoms with Crippen LogP contribution in [0.15, 0.2) is 12.1 Å². The lowest BCUT2D eigenvalue weighted by Crippen LogP contribution is -2.38. The molecule has 0 spiro atoms. The number of aliphatic hydroxyl groups is 1. The van der Waals surface area contributed by atoms with E-state index in [4.69, 9.17) is 4.74 Å². The molecule has 1 aromatic rings. The van der Waals surface area contributed by atoms with Crippen LogP contribution in [0.1, 0.15) is 42.5 Å². The number of rotatable bonds is 4. The number of hydrogen-bond acceptors (Lipinski definition) is 3. The van der Waals surface area contributed by atoms with E-state index in [1.807, 2.05) is 0 Å². The summed E-state index contributed by atoms with van der Waals surface area (Å²) in [6.07, 6.45) is 4.33. The van der Waals surface area contributed by atoms with Crippen molar-refractivity contribution in [1.29, 1.82) is 0 Å². The van der Waals surface area contributed by atoms with Gasteiger partial charge in [-0.15, -0.1) is 0 Å². The number of carbonyl (C=O) groups excluding carboxylic acids is 1. The van der Waals surface area contributed by atoms with Gasteiger partial charge in [-0.05, 0) is 25.0 Å². The summed E-state index contributed by atoms with van der Waals surface area (Å²) in [5.74, 6) is -2.40. The van der Waals surface area contributed by atoms with Gasteiger partial charge in [-0.2, -0.15) is 0 Å². The fourth-order valence-corrected chi connectivity index (χ4v) is 2.35. The van der Waals surface area contributed by atoms with Crippen LogP contribution in [-0.4, -0.2) is 23.6 Å². The molecule has 0 aliphatic heterocycles. The van der Waals surface area contributed by atoms with E-state index in [-0.39, 0.29) is 12.2 Å². The van der Waals surface area contributed by atoms with Gasteiger partial charge >= 0.3 is 0 Å². The molecule has 0 aromatic heterocycles. The molecule has 1 N–H and O–H groups in total. The largest absolute Gasteiger partial charge is 0.485 e. The van der Waals surface area contributed by atoms with E-state index < -0.39 is 23.0 Å². The third kappa shape index (κ3) is 3.29. The minimum atomic E-state index is -1.01. The predicted molar refractivity (Wildman–Crippen MR) is 65.3 cm³/mol. The van der Waals surface area contributed by atoms with E-state index in [9.17, 15) is 18.7 Å². The van der Waals surface area contributed by atoms with Gasteiger partial charge < -0.3 is 9.84 Å². The maximum absolute atomic E-state index is 13.6. The molecule has 3 nitrogen and oxygen atoms in total. The Hall–Kier alpha value is -1.49. The molecule has 0 unspecified atom stereocenters. The average Bonchev–Trinajstić information content (AvgIpc) is 2.38. The van der Waals surface area contributed by atoms with Crippen molar-refractivity contribution in [2.24, 2.45) is 0 Å². The van der Waals surface area contributed by atoms with Crippen molar-refractivity contribution in [3.05, 3.63) is 29.3 Å². The van der Waals surface area contributed by atoms with Gasteiger partial charge in [-0.3, -0.25) is 4.79 Å². The molecule has 1 aliphatic rings. The van der Waals surface area contributed by atoms with Gasteiger partial charge in [0.25, 0.3) is 0 Å². The van der Waals surface area contributed by atoms with Crippen molar-refractivity contribution in [2.45, 2.75) is 37.7 Å². The molecule has 0 heterocycles. The first-order chi connectivity index (χ1) is 9.04. The van der Waals surface area contributed by atoms with E-state index in [0.29, 0.717) is 19.1 Å². The Balaban J connectivity index is 2.09. The Bertz CT molecular complexity index is 445. The molecular formula is C14H16F2O3. The lowest BCUT2D eigenvalue weighted by molar-refractivity contribution is -0.0355. The van der Waals surface area contributed by atoms with Gasteiger partial charge in [-0.1, -0.05) is 19.3 Å². The van der Waals surface area contributed by atoms with E-state index in [2.05, 4.69) is 0 Å². The van der Waals surface area contributed by atoms with Gasteiger partial charge in [-0.25, -0.2) is 8.78 Å². The van der Waals surface area contributed by atoms with Crippen LogP contribution in [0.3, 0.4) is 0 Å². The smallest absolute Gasteiger partial charge is 0.190 e. The highest BCUT2D eigenvalue weighted by molar-refractivity contribution is 5.75. The Kier molecular flexibility index (Phi) is 4.14. The summed E-state index contributed by atoms with van der Waals surface area (Å²) in [4.78, 5) is 10.5. The topological polar surface area (TPSA) is 46.5 Å². The predicted octanol–water partition coefficient (Wildman–Crippen LogP) is 2.85. The highest BCUT2D eigenvalue weighted by Gasteiger charge is 2.30. The Morgan fingerprint density at radius 1 is 1.21 bits per heavy atom. The van der Waals surface area contributed by atoms with E-state index in [0.717, 1.165) is 31.4 Å². The Labute approximate surface area is 110 Å². The molecule has 0 saturated heterocycles. The second-order valence-corrected chi connectivity index (χ2v) is 5.01. The number of halogens is 2. The number of hydrogen-bond donors (Lipinski definition) is 1. The second-order valence-electron chi connectivity index (χ2n) is 5.01. The zero-order valence-corrected chi connectivity index (χ0v) is 10.5. The summed E-state index contributed by atoms with van der Waals surface area (Å²) in [6.45, 7) is -0.138. The van der Waals surface area contributed by atoms with Gasteiger partial charge in [0.05, 0.1) is 5.60 Å². The second kappa shape index (κ2) is 5.65. The highest BCUT2D eigenvalue weighted by Crippen LogP contribution is 2.30. The van der Waals surface area contributed by atoms with Crippen LogP contribution >= 0.6 is 0 Å². The minimum Gasteiger partial charge on any atom is -0.485 e. The summed E-state index contributed by atoms with van der Waals surface area (Å²) >= 11 is 0. The van der Waals surface area contributed by atoms with Crippen molar-refractivity contribution in [1.82, 2.24) is 0 Å². The molecule has 104 valence electrons. The first-order valence-corrected chi connectivity index (χ1v) is 6.33. The van der Waals surface area contributed by atoms with Crippen LogP contribution in [0.5, 0.6) is 5.75 Å². The fourth-order valence-electron chi connectivity index (χ4n) is 2.35. The van der Waals surface area contributed by atoms with Crippen molar-refractivity contribution in [2.75, 3.05) is 6.61 Å². The van der Waals surface area contributed by atoms with Crippen LogP contribution in [0, 0.1) is 11.6 Å². The van der Waals surface area contributed by atoms with Gasteiger partial charge in [0.1, 0.15) is 12.9 Å². The third-order valence-corrected chi connectivity index (χ3v) is 3.43. The van der Waals surface area contributed by atoms with Crippen LogP contribution in [0.25, 0.3) is 0 Å². The molecular weight excluding hydrogens is 254 g/mol. The first-order valence-electron chi connectivity index (χ1n) is 6.33. The maximum Gasteiger partial charge on any atom is 0.190 e. The molecule has 2 rings (SSSR count). The number of ether oxygens (including phenoxy) is 1. The maximum atomic E-state index is 13.6. The lowest BCUT2D eigenvalue weighted by atomic mass is 9.85. The standard InChI is InChI=1S/C14H16F2O3/c15-11-6-10(8-17)7-12(16)13(11)19-9-14(18)4-2-1-3-5-14/h6-8,18H,1-5,9H2. The summed E-state index contributed by atoms with van der Waals surface area (Å²) in [6, 6.07) is 1.83. The summed E-state index contributed by atoms with van der Waals surface area (Å²) in [7, 11) is 0. The Morgan fingerprint density at radius 3 is 2.32 bits per heavy atom. The van der Waals surface area contributed by atoms with Crippen molar-refractivity contribution >= 4 is 6.29 Å². The zero-order valence-electron chi connectivity index (χ0n) is 10.5. The molecule has 1 saturated carbocycles. The average molecular weight is 270 g/mol. The molecule has 5 heteroatoms. The van der Waals surface area contributed by atoms with Gasteiger partial charge in [0.2, 0.25) is 0 Å². The molecule has 0 atom stereocenters. The van der Waals surface area contributed by atoms with Gasteiger partial charge in [0, 0.05) is 5.56 Å². The van der Waals surface area contributed by atoms with Crippen molar-refractivity contribution in [3.8, 4) is 5.75 Å². The van der Waals surface area contributed by atoms with E-state index in [1.165, 1.54) is 0 Å². The van der Waals surface area contributed by atoms with Crippen LogP contribution < -0.4 is 4.74 Å². The molecule has 0 amide bonds. The fraction of sp³-hybridized carbons (Fsp3) is 0.500. The number of carbonyl (C=O) groups is 1. The van der Waals surface area contributed by atoms with E-state index in [1.54, 1.807) is 0 Å². The summed E-state index contributed by atoms with van der Waals surface area (Å²) < 4.78 is 32.2. The summed E-state index contributed by atoms with van der Waals surface area (Å²) in [5, 5.41) is 10.2. The normalized spacial score (nSPS) is 18.1. The van der Waals surface area contributed by atoms with Crippen LogP contribution in [0.4, 0.5) is 8.78 Å². The molecule has 1 aliphatic carbocycles. The first kappa shape index (κ1) is 13.9.